The Morgan fingerprint density at radius 1 is 1.00 bits per heavy atom. The number of nitrogens with one attached hydrogen (secondary N) is 1. The molecule has 0 aliphatic rings. The molecule has 1 N–H and O–H groups in total. The number of sulfonamides is 1. The molecule has 2 atom stereocenters. The predicted molar refractivity (Wildman–Crippen MR) is 144 cm³/mol. The van der Waals surface area contributed by atoms with Gasteiger partial charge in [0.05, 0.1) is 19.1 Å². The number of methoxy groups -OCH3 is 1. The Hall–Kier alpha value is -3.07. The highest BCUT2D eigenvalue weighted by atomic mass is 32.2. The monoisotopic (exact) mass is 517 g/mol. The number of carbonyl (C=O) groups excluding carboxylic acids is 2. The minimum absolute atomic E-state index is 0.0488. The van der Waals surface area contributed by atoms with Crippen LogP contribution < -0.4 is 14.4 Å². The van der Waals surface area contributed by atoms with Gasteiger partial charge in [0.15, 0.2) is 0 Å². The Morgan fingerprint density at radius 2 is 1.58 bits per heavy atom. The Kier molecular flexibility index (Phi) is 10.3. The first-order chi connectivity index (χ1) is 16.9. The molecule has 0 aliphatic carbocycles. The van der Waals surface area contributed by atoms with E-state index in [2.05, 4.69) is 5.32 Å². The van der Waals surface area contributed by atoms with E-state index in [-0.39, 0.29) is 18.5 Å². The van der Waals surface area contributed by atoms with E-state index in [9.17, 15) is 18.0 Å². The van der Waals surface area contributed by atoms with Gasteiger partial charge in [0.2, 0.25) is 21.8 Å². The van der Waals surface area contributed by atoms with E-state index in [4.69, 9.17) is 4.74 Å². The number of aryl methyl sites for hydroxylation is 2. The molecule has 2 rings (SSSR count). The molecule has 2 aromatic rings. The van der Waals surface area contributed by atoms with Crippen LogP contribution in [0.15, 0.2) is 42.5 Å². The Bertz CT molecular complexity index is 1130. The third kappa shape index (κ3) is 7.98. The molecule has 0 bridgehead atoms. The van der Waals surface area contributed by atoms with Gasteiger partial charge in [0, 0.05) is 12.6 Å². The first kappa shape index (κ1) is 29.2. The van der Waals surface area contributed by atoms with Gasteiger partial charge in [-0.15, -0.1) is 0 Å². The van der Waals surface area contributed by atoms with Crippen LogP contribution in [0.3, 0.4) is 0 Å². The van der Waals surface area contributed by atoms with E-state index in [1.807, 2.05) is 52.8 Å². The molecule has 2 aromatic carbocycles. The highest BCUT2D eigenvalue weighted by Crippen LogP contribution is 2.23. The standard InChI is InChI=1S/C27H39N3O5S/c1-8-21(5)28-27(32)25(9-2)29(17-22-10-12-24(35-6)13-11-22)26(31)18-30(36(7,33)34)23-15-19(3)14-20(4)16-23/h10-16,21,25H,8-9,17-18H2,1-7H3,(H,28,32)/t21-,25-/m1/s1. The van der Waals surface area contributed by atoms with Crippen molar-refractivity contribution in [3.05, 3.63) is 59.2 Å². The number of hydrogen-bond acceptors (Lipinski definition) is 5. The second-order valence-electron chi connectivity index (χ2n) is 9.23. The van der Waals surface area contributed by atoms with Gasteiger partial charge < -0.3 is 15.0 Å². The van der Waals surface area contributed by atoms with Crippen molar-refractivity contribution in [2.75, 3.05) is 24.2 Å². The van der Waals surface area contributed by atoms with Crippen LogP contribution in [0.4, 0.5) is 5.69 Å². The van der Waals surface area contributed by atoms with Crippen LogP contribution in [-0.4, -0.2) is 57.1 Å². The van der Waals surface area contributed by atoms with Gasteiger partial charge in [-0.2, -0.15) is 0 Å². The zero-order valence-corrected chi connectivity index (χ0v) is 23.2. The normalized spacial score (nSPS) is 13.0. The first-order valence-electron chi connectivity index (χ1n) is 12.2. The molecule has 36 heavy (non-hydrogen) atoms. The second kappa shape index (κ2) is 12.8. The van der Waals surface area contributed by atoms with Crippen LogP contribution in [0.1, 0.15) is 50.3 Å². The molecule has 0 saturated carbocycles. The maximum absolute atomic E-state index is 13.7. The molecule has 0 fully saturated rings. The molecule has 0 unspecified atom stereocenters. The lowest BCUT2D eigenvalue weighted by molar-refractivity contribution is -0.140. The lowest BCUT2D eigenvalue weighted by atomic mass is 10.1. The molecule has 0 aromatic heterocycles. The number of benzene rings is 2. The molecule has 198 valence electrons. The quantitative estimate of drug-likeness (QED) is 0.462. The van der Waals surface area contributed by atoms with E-state index in [0.29, 0.717) is 17.9 Å². The Balaban J connectivity index is 2.46. The van der Waals surface area contributed by atoms with Crippen molar-refractivity contribution < 1.29 is 22.7 Å². The van der Waals surface area contributed by atoms with Crippen molar-refractivity contribution in [2.45, 2.75) is 66.1 Å². The van der Waals surface area contributed by atoms with E-state index in [1.165, 1.54) is 4.90 Å². The summed E-state index contributed by atoms with van der Waals surface area (Å²) >= 11 is 0. The van der Waals surface area contributed by atoms with Crippen LogP contribution in [0.5, 0.6) is 5.75 Å². The number of hydrogen-bond donors (Lipinski definition) is 1. The summed E-state index contributed by atoms with van der Waals surface area (Å²) in [5.41, 5.74) is 3.00. The number of ether oxygens (including phenoxy) is 1. The fourth-order valence-corrected chi connectivity index (χ4v) is 4.83. The zero-order valence-electron chi connectivity index (χ0n) is 22.4. The van der Waals surface area contributed by atoms with E-state index >= 15 is 0 Å². The third-order valence-electron chi connectivity index (χ3n) is 6.07. The molecule has 8 nitrogen and oxygen atoms in total. The third-order valence-corrected chi connectivity index (χ3v) is 7.21. The van der Waals surface area contributed by atoms with Crippen LogP contribution in [0, 0.1) is 13.8 Å². The summed E-state index contributed by atoms with van der Waals surface area (Å²) in [4.78, 5) is 28.4. The summed E-state index contributed by atoms with van der Waals surface area (Å²) in [6.45, 7) is 9.21. The lowest BCUT2D eigenvalue weighted by Crippen LogP contribution is -2.53. The average molecular weight is 518 g/mol. The molecule has 0 heterocycles. The summed E-state index contributed by atoms with van der Waals surface area (Å²) in [5.74, 6) is -0.0381. The van der Waals surface area contributed by atoms with E-state index in [0.717, 1.165) is 33.7 Å². The summed E-state index contributed by atoms with van der Waals surface area (Å²) < 4.78 is 31.9. The van der Waals surface area contributed by atoms with Crippen LogP contribution in [-0.2, 0) is 26.2 Å². The highest BCUT2D eigenvalue weighted by molar-refractivity contribution is 7.92. The number of carbonyl (C=O) groups is 2. The molecule has 0 radical (unpaired) electrons. The first-order valence-corrected chi connectivity index (χ1v) is 14.0. The van der Waals surface area contributed by atoms with Crippen molar-refractivity contribution in [1.82, 2.24) is 10.2 Å². The minimum atomic E-state index is -3.77. The topological polar surface area (TPSA) is 96.0 Å². The minimum Gasteiger partial charge on any atom is -0.497 e. The van der Waals surface area contributed by atoms with Crippen molar-refractivity contribution in [2.24, 2.45) is 0 Å². The Labute approximate surface area is 215 Å². The molecule has 2 amide bonds. The van der Waals surface area contributed by atoms with Gasteiger partial charge in [-0.25, -0.2) is 8.42 Å². The van der Waals surface area contributed by atoms with Crippen LogP contribution in [0.2, 0.25) is 0 Å². The largest absolute Gasteiger partial charge is 0.497 e. The van der Waals surface area contributed by atoms with Crippen LogP contribution in [0.25, 0.3) is 0 Å². The number of anilines is 1. The number of nitrogens with zero attached hydrogens (tertiary/aromatic N) is 2. The SMILES string of the molecule is CC[C@@H](C)NC(=O)[C@@H](CC)N(Cc1ccc(OC)cc1)C(=O)CN(c1cc(C)cc(C)c1)S(C)(=O)=O. The van der Waals surface area contributed by atoms with Gasteiger partial charge in [0.1, 0.15) is 18.3 Å². The Morgan fingerprint density at radius 3 is 2.06 bits per heavy atom. The number of rotatable bonds is 12. The maximum Gasteiger partial charge on any atom is 0.244 e. The molecular formula is C27H39N3O5S. The molecule has 9 heteroatoms. The summed E-state index contributed by atoms with van der Waals surface area (Å²) in [7, 11) is -2.20. The average Bonchev–Trinajstić information content (AvgIpc) is 2.81. The van der Waals surface area contributed by atoms with E-state index in [1.54, 1.807) is 31.4 Å². The summed E-state index contributed by atoms with van der Waals surface area (Å²) in [5, 5.41) is 2.97. The highest BCUT2D eigenvalue weighted by Gasteiger charge is 2.32. The maximum atomic E-state index is 13.7. The van der Waals surface area contributed by atoms with Crippen molar-refractivity contribution in [3.8, 4) is 5.75 Å². The summed E-state index contributed by atoms with van der Waals surface area (Å²) in [6, 6.07) is 11.8. The van der Waals surface area contributed by atoms with Gasteiger partial charge in [-0.3, -0.25) is 13.9 Å². The predicted octanol–water partition coefficient (Wildman–Crippen LogP) is 3.80. The van der Waals surface area contributed by atoms with Crippen molar-refractivity contribution in [3.63, 3.8) is 0 Å². The molecular weight excluding hydrogens is 478 g/mol. The lowest BCUT2D eigenvalue weighted by Gasteiger charge is -2.33. The fourth-order valence-electron chi connectivity index (χ4n) is 4.00. The molecule has 0 spiro atoms. The summed E-state index contributed by atoms with van der Waals surface area (Å²) in [6.07, 6.45) is 2.22. The van der Waals surface area contributed by atoms with Crippen molar-refractivity contribution in [1.29, 1.82) is 0 Å². The van der Waals surface area contributed by atoms with Gasteiger partial charge in [0.25, 0.3) is 0 Å². The fraction of sp³-hybridized carbons (Fsp3) is 0.481. The van der Waals surface area contributed by atoms with Gasteiger partial charge in [-0.1, -0.05) is 32.0 Å². The second-order valence-corrected chi connectivity index (χ2v) is 11.1. The molecule has 0 aliphatic heterocycles. The van der Waals surface area contributed by atoms with Gasteiger partial charge >= 0.3 is 0 Å². The zero-order chi connectivity index (χ0) is 27.0. The van der Waals surface area contributed by atoms with Crippen molar-refractivity contribution >= 4 is 27.5 Å². The van der Waals surface area contributed by atoms with Gasteiger partial charge in [-0.05, 0) is 74.6 Å². The van der Waals surface area contributed by atoms with Crippen LogP contribution >= 0.6 is 0 Å². The van der Waals surface area contributed by atoms with E-state index < -0.39 is 28.5 Å². The molecule has 0 saturated heterocycles. The smallest absolute Gasteiger partial charge is 0.244 e. The number of amides is 2.